The minimum Gasteiger partial charge on any atom is -0.756 e. The molecule has 3 unspecified atom stereocenters. The zero-order valence-electron chi connectivity index (χ0n) is 56.0. The van der Waals surface area contributed by atoms with Crippen molar-refractivity contribution in [3.05, 3.63) is 109 Å². The molecule has 0 heterocycles. The van der Waals surface area contributed by atoms with E-state index in [4.69, 9.17) is 13.8 Å². The van der Waals surface area contributed by atoms with Crippen LogP contribution in [0.1, 0.15) is 303 Å². The Kier molecular flexibility index (Phi) is 61.2. The predicted molar refractivity (Wildman–Crippen MR) is 367 cm³/mol. The Balaban J connectivity index is 5.16. The first kappa shape index (κ1) is 81.7. The normalized spacial score (nSPS) is 14.2. The van der Waals surface area contributed by atoms with Crippen molar-refractivity contribution in [2.75, 3.05) is 40.9 Å². The summed E-state index contributed by atoms with van der Waals surface area (Å²) in [7, 11) is 1.15. The van der Waals surface area contributed by atoms with Crippen LogP contribution in [-0.2, 0) is 27.9 Å². The van der Waals surface area contributed by atoms with Gasteiger partial charge in [-0.05, 0) is 122 Å². The highest BCUT2D eigenvalue weighted by Crippen LogP contribution is 2.38. The zero-order valence-corrected chi connectivity index (χ0v) is 56.9. The Morgan fingerprint density at radius 3 is 1.11 bits per heavy atom. The van der Waals surface area contributed by atoms with Crippen molar-refractivity contribution < 1.29 is 37.3 Å². The number of phosphoric acid groups is 1. The summed E-state index contributed by atoms with van der Waals surface area (Å²) < 4.78 is 30.4. The number of carbonyl (C=O) groups is 2. The number of ether oxygens (including phenoxy) is 1. The van der Waals surface area contributed by atoms with Gasteiger partial charge in [-0.3, -0.25) is 14.2 Å². The fraction of sp³-hybridized carbons (Fsp3) is 0.733. The van der Waals surface area contributed by atoms with Crippen LogP contribution in [0.3, 0.4) is 0 Å². The van der Waals surface area contributed by atoms with E-state index >= 15 is 0 Å². The van der Waals surface area contributed by atoms with Gasteiger partial charge in [-0.15, -0.1) is 0 Å². The molecule has 0 saturated carbocycles. The molecule has 0 aromatic rings. The van der Waals surface area contributed by atoms with E-state index < -0.39 is 26.6 Å². The number of rotatable bonds is 63. The quantitative estimate of drug-likeness (QED) is 0.0212. The molecule has 0 aliphatic rings. The molecule has 85 heavy (non-hydrogen) atoms. The van der Waals surface area contributed by atoms with Crippen LogP contribution < -0.4 is 10.2 Å². The average Bonchev–Trinajstić information content (AvgIpc) is 3.50. The van der Waals surface area contributed by atoms with Gasteiger partial charge in [-0.1, -0.05) is 278 Å². The second-order valence-corrected chi connectivity index (χ2v) is 26.1. The Morgan fingerprint density at radius 1 is 0.412 bits per heavy atom. The number of quaternary nitrogens is 1. The first-order valence-corrected chi connectivity index (χ1v) is 36.7. The number of allylic oxidation sites excluding steroid dienone is 17. The van der Waals surface area contributed by atoms with Gasteiger partial charge in [0.05, 0.1) is 33.8 Å². The van der Waals surface area contributed by atoms with Crippen molar-refractivity contribution in [3.8, 4) is 0 Å². The fourth-order valence-electron chi connectivity index (χ4n) is 9.72. The van der Waals surface area contributed by atoms with E-state index in [9.17, 15) is 19.0 Å². The number of phosphoric ester groups is 1. The average molecular weight is 1210 g/mol. The first-order valence-electron chi connectivity index (χ1n) is 35.2. The summed E-state index contributed by atoms with van der Waals surface area (Å²) in [5.74, 6) is -0.580. The lowest BCUT2D eigenvalue weighted by Crippen LogP contribution is -2.47. The molecule has 0 aliphatic heterocycles. The highest BCUT2D eigenvalue weighted by molar-refractivity contribution is 7.45. The van der Waals surface area contributed by atoms with E-state index in [0.717, 1.165) is 103 Å². The number of nitrogens with one attached hydrogen (secondary N) is 1. The summed E-state index contributed by atoms with van der Waals surface area (Å²) in [5.41, 5.74) is 0. The highest BCUT2D eigenvalue weighted by Gasteiger charge is 2.27. The van der Waals surface area contributed by atoms with Gasteiger partial charge in [0.1, 0.15) is 19.3 Å². The van der Waals surface area contributed by atoms with Crippen LogP contribution in [0.2, 0.25) is 0 Å². The van der Waals surface area contributed by atoms with Gasteiger partial charge >= 0.3 is 5.97 Å². The zero-order chi connectivity index (χ0) is 62.1. The number of unbranched alkanes of at least 4 members (excludes halogenated alkanes) is 31. The monoisotopic (exact) mass is 1200 g/mol. The van der Waals surface area contributed by atoms with Crippen molar-refractivity contribution in [1.82, 2.24) is 5.32 Å². The minimum atomic E-state index is -4.72. The van der Waals surface area contributed by atoms with Crippen LogP contribution in [0.15, 0.2) is 109 Å². The Labute approximate surface area is 525 Å². The second kappa shape index (κ2) is 63.7. The smallest absolute Gasteiger partial charge is 0.306 e. The Hall–Kier alpha value is -3.33. The predicted octanol–water partition coefficient (Wildman–Crippen LogP) is 21.8. The number of hydrogen-bond acceptors (Lipinski definition) is 7. The second-order valence-electron chi connectivity index (χ2n) is 24.7. The molecular weight excluding hydrogens is 1070 g/mol. The lowest BCUT2D eigenvalue weighted by Gasteiger charge is -2.30. The van der Waals surface area contributed by atoms with Crippen LogP contribution in [0.5, 0.6) is 0 Å². The number of hydrogen-bond donors (Lipinski definition) is 1. The molecule has 0 fully saturated rings. The van der Waals surface area contributed by atoms with Gasteiger partial charge in [0.2, 0.25) is 5.91 Å². The molecule has 0 bridgehead atoms. The summed E-state index contributed by atoms with van der Waals surface area (Å²) >= 11 is 0. The van der Waals surface area contributed by atoms with Gasteiger partial charge in [0, 0.05) is 12.8 Å². The maximum Gasteiger partial charge on any atom is 0.306 e. The van der Waals surface area contributed by atoms with Gasteiger partial charge in [-0.2, -0.15) is 0 Å². The Morgan fingerprint density at radius 2 is 0.718 bits per heavy atom. The molecule has 0 aromatic carbocycles. The molecule has 9 nitrogen and oxygen atoms in total. The molecule has 490 valence electrons. The SMILES string of the molecule is CCCCC/C=C\C/C=C\C/C=C\C/C=C\CCCCCCCCCCCCCC(=O)OC(/C=C\CCCCCCCCCCCCC)C(COP(=O)([O-])OCC[N+](C)(C)C)NC(=O)CCCCC/C=C\C/C=C\C/C=C\C/C=C\CCCCC. The van der Waals surface area contributed by atoms with Gasteiger partial charge in [-0.25, -0.2) is 0 Å². The first-order chi connectivity index (χ1) is 41.4. The molecule has 1 amide bonds. The van der Waals surface area contributed by atoms with Crippen molar-refractivity contribution in [2.24, 2.45) is 0 Å². The molecule has 3 atom stereocenters. The van der Waals surface area contributed by atoms with Crippen LogP contribution in [-0.4, -0.2) is 69.4 Å². The molecule has 0 aromatic heterocycles. The topological polar surface area (TPSA) is 114 Å². The number of amides is 1. The summed E-state index contributed by atoms with van der Waals surface area (Å²) in [4.78, 5) is 40.2. The Bertz CT molecular complexity index is 1820. The van der Waals surface area contributed by atoms with Crippen molar-refractivity contribution in [2.45, 2.75) is 315 Å². The van der Waals surface area contributed by atoms with E-state index in [1.807, 2.05) is 33.3 Å². The molecule has 0 saturated heterocycles. The summed E-state index contributed by atoms with van der Waals surface area (Å²) in [6.07, 6.45) is 87.8. The molecule has 0 rings (SSSR count). The van der Waals surface area contributed by atoms with E-state index in [0.29, 0.717) is 17.4 Å². The van der Waals surface area contributed by atoms with Gasteiger partial charge in [0.15, 0.2) is 0 Å². The van der Waals surface area contributed by atoms with Crippen molar-refractivity contribution in [3.63, 3.8) is 0 Å². The largest absolute Gasteiger partial charge is 0.756 e. The summed E-state index contributed by atoms with van der Waals surface area (Å²) in [6.45, 7) is 6.77. The van der Waals surface area contributed by atoms with E-state index in [1.165, 1.54) is 161 Å². The van der Waals surface area contributed by atoms with Crippen LogP contribution in [0.4, 0.5) is 0 Å². The third-order valence-corrected chi connectivity index (χ3v) is 16.1. The minimum absolute atomic E-state index is 0.0338. The van der Waals surface area contributed by atoms with Gasteiger partial charge in [0.25, 0.3) is 7.82 Å². The third-order valence-electron chi connectivity index (χ3n) is 15.2. The van der Waals surface area contributed by atoms with Crippen LogP contribution in [0.25, 0.3) is 0 Å². The molecule has 0 aliphatic carbocycles. The molecule has 0 spiro atoms. The lowest BCUT2D eigenvalue weighted by atomic mass is 10.0. The standard InChI is InChI=1S/C75H133N2O7P/c1-7-10-13-16-19-22-25-28-30-32-34-35-36-37-38-39-40-41-43-45-47-50-53-56-59-62-65-68-75(79)84-73(66-63-60-57-54-51-48-27-24-21-18-15-12-9-3)72(71-83-85(80,81)82-70-69-77(4,5)6)76-74(78)67-64-61-58-55-52-49-46-44-42-33-31-29-26-23-20-17-14-11-8-2/h19-20,22-23,28-31,34-35,37-38,42,44,49,52,63,66,72-73H,7-18,21,24-27,32-33,36,39-41,43,45-48,50-51,53-62,64-65,67-71H2,1-6H3,(H-,76,78,80,81)/b22-19-,23-20-,30-28-,31-29-,35-34-,38-37-,44-42-,52-49-,66-63-. The van der Waals surface area contributed by atoms with E-state index in [1.54, 1.807) is 0 Å². The third kappa shape index (κ3) is 65.0. The van der Waals surface area contributed by atoms with E-state index in [2.05, 4.69) is 123 Å². The fourth-order valence-corrected chi connectivity index (χ4v) is 10.4. The number of esters is 1. The molecule has 10 heteroatoms. The molecular formula is C75H133N2O7P. The van der Waals surface area contributed by atoms with Crippen molar-refractivity contribution >= 4 is 19.7 Å². The van der Waals surface area contributed by atoms with Crippen LogP contribution >= 0.6 is 7.82 Å². The van der Waals surface area contributed by atoms with Crippen LogP contribution in [0, 0.1) is 0 Å². The number of carbonyl (C=O) groups excluding carboxylic acids is 2. The number of nitrogens with zero attached hydrogens (tertiary/aromatic N) is 1. The number of likely N-dealkylation sites (N-methyl/N-ethyl adjacent to an activating group) is 1. The van der Waals surface area contributed by atoms with Gasteiger partial charge < -0.3 is 28.5 Å². The van der Waals surface area contributed by atoms with E-state index in [-0.39, 0.29) is 31.3 Å². The summed E-state index contributed by atoms with van der Waals surface area (Å²) in [5, 5.41) is 3.02. The lowest BCUT2D eigenvalue weighted by molar-refractivity contribution is -0.870. The molecule has 1 N–H and O–H groups in total. The van der Waals surface area contributed by atoms with Crippen molar-refractivity contribution in [1.29, 1.82) is 0 Å². The maximum atomic E-state index is 13.6. The highest BCUT2D eigenvalue weighted by atomic mass is 31.2. The molecule has 0 radical (unpaired) electrons. The summed E-state index contributed by atoms with van der Waals surface area (Å²) in [6, 6.07) is -0.914. The maximum absolute atomic E-state index is 13.6.